The van der Waals surface area contributed by atoms with Gasteiger partial charge in [0.15, 0.2) is 0 Å². The SMILES string of the molecule is O=C1Nc2ccc(Br)cc2N2CCCC12. The molecule has 0 aromatic heterocycles. The van der Waals surface area contributed by atoms with Crippen LogP contribution in [0.5, 0.6) is 0 Å². The molecule has 1 N–H and O–H groups in total. The van der Waals surface area contributed by atoms with E-state index in [9.17, 15) is 4.79 Å². The van der Waals surface area contributed by atoms with Crippen LogP contribution >= 0.6 is 15.9 Å². The molecule has 1 saturated heterocycles. The van der Waals surface area contributed by atoms with Gasteiger partial charge in [-0.3, -0.25) is 4.79 Å². The number of halogens is 1. The van der Waals surface area contributed by atoms with Gasteiger partial charge in [0.05, 0.1) is 11.4 Å². The van der Waals surface area contributed by atoms with E-state index in [0.29, 0.717) is 0 Å². The number of carbonyl (C=O) groups is 1. The maximum Gasteiger partial charge on any atom is 0.247 e. The molecule has 3 rings (SSSR count). The Morgan fingerprint density at radius 3 is 3.20 bits per heavy atom. The number of hydrogen-bond donors (Lipinski definition) is 1. The normalized spacial score (nSPS) is 23.4. The second kappa shape index (κ2) is 3.23. The lowest BCUT2D eigenvalue weighted by molar-refractivity contribution is -0.117. The van der Waals surface area contributed by atoms with Crippen LogP contribution in [0.15, 0.2) is 22.7 Å². The number of rotatable bonds is 0. The molecule has 0 radical (unpaired) electrons. The maximum absolute atomic E-state index is 11.8. The average molecular weight is 267 g/mol. The van der Waals surface area contributed by atoms with Gasteiger partial charge in [-0.05, 0) is 31.0 Å². The summed E-state index contributed by atoms with van der Waals surface area (Å²) in [5.41, 5.74) is 2.08. The van der Waals surface area contributed by atoms with Gasteiger partial charge in [0.2, 0.25) is 5.91 Å². The Morgan fingerprint density at radius 1 is 1.47 bits per heavy atom. The standard InChI is InChI=1S/C11H11BrN2O/c12-7-3-4-8-10(6-7)14-5-1-2-9(14)11(15)13-8/h3-4,6,9H,1-2,5H2,(H,13,15). The Balaban J connectivity index is 2.12. The number of anilines is 2. The Hall–Kier alpha value is -1.03. The van der Waals surface area contributed by atoms with Crippen LogP contribution in [-0.4, -0.2) is 18.5 Å². The molecule has 1 unspecified atom stereocenters. The maximum atomic E-state index is 11.8. The summed E-state index contributed by atoms with van der Waals surface area (Å²) in [6.07, 6.45) is 2.07. The van der Waals surface area contributed by atoms with E-state index >= 15 is 0 Å². The van der Waals surface area contributed by atoms with Crippen molar-refractivity contribution in [3.8, 4) is 0 Å². The molecule has 15 heavy (non-hydrogen) atoms. The van der Waals surface area contributed by atoms with Crippen LogP contribution in [-0.2, 0) is 4.79 Å². The van der Waals surface area contributed by atoms with Crippen LogP contribution in [0.2, 0.25) is 0 Å². The highest BCUT2D eigenvalue weighted by atomic mass is 79.9. The molecule has 4 heteroatoms. The molecule has 2 aliphatic heterocycles. The van der Waals surface area contributed by atoms with E-state index in [0.717, 1.165) is 35.2 Å². The van der Waals surface area contributed by atoms with Crippen LogP contribution < -0.4 is 10.2 Å². The van der Waals surface area contributed by atoms with E-state index in [2.05, 4.69) is 32.2 Å². The minimum atomic E-state index is 0.0480. The van der Waals surface area contributed by atoms with Crippen LogP contribution in [0.4, 0.5) is 11.4 Å². The summed E-state index contributed by atoms with van der Waals surface area (Å²) in [7, 11) is 0. The average Bonchev–Trinajstić information content (AvgIpc) is 2.69. The van der Waals surface area contributed by atoms with Crippen molar-refractivity contribution >= 4 is 33.2 Å². The fourth-order valence-electron chi connectivity index (χ4n) is 2.39. The van der Waals surface area contributed by atoms with Gasteiger partial charge in [-0.1, -0.05) is 15.9 Å². The summed E-state index contributed by atoms with van der Waals surface area (Å²) in [5, 5.41) is 2.96. The monoisotopic (exact) mass is 266 g/mol. The van der Waals surface area contributed by atoms with Crippen LogP contribution in [0.1, 0.15) is 12.8 Å². The van der Waals surface area contributed by atoms with E-state index in [-0.39, 0.29) is 11.9 Å². The summed E-state index contributed by atoms with van der Waals surface area (Å²) in [4.78, 5) is 14.0. The van der Waals surface area contributed by atoms with Gasteiger partial charge in [0, 0.05) is 11.0 Å². The molecule has 78 valence electrons. The summed E-state index contributed by atoms with van der Waals surface area (Å²) < 4.78 is 1.06. The van der Waals surface area contributed by atoms with Crippen LogP contribution in [0, 0.1) is 0 Å². The quantitative estimate of drug-likeness (QED) is 0.782. The topological polar surface area (TPSA) is 32.3 Å². The Bertz CT molecular complexity index is 433. The van der Waals surface area contributed by atoms with Crippen molar-refractivity contribution < 1.29 is 4.79 Å². The minimum Gasteiger partial charge on any atom is -0.358 e. The number of amides is 1. The fourth-order valence-corrected chi connectivity index (χ4v) is 2.74. The van der Waals surface area contributed by atoms with Gasteiger partial charge in [-0.2, -0.15) is 0 Å². The zero-order valence-electron chi connectivity index (χ0n) is 8.16. The van der Waals surface area contributed by atoms with E-state index in [1.807, 2.05) is 12.1 Å². The van der Waals surface area contributed by atoms with Gasteiger partial charge in [-0.25, -0.2) is 0 Å². The number of fused-ring (bicyclic) bond motifs is 3. The van der Waals surface area contributed by atoms with Gasteiger partial charge >= 0.3 is 0 Å². The highest BCUT2D eigenvalue weighted by Crippen LogP contribution is 2.38. The van der Waals surface area contributed by atoms with Gasteiger partial charge < -0.3 is 10.2 Å². The second-order valence-corrected chi connectivity index (χ2v) is 4.92. The summed E-state index contributed by atoms with van der Waals surface area (Å²) in [6.45, 7) is 0.988. The molecule has 3 nitrogen and oxygen atoms in total. The number of nitrogens with zero attached hydrogens (tertiary/aromatic N) is 1. The van der Waals surface area contributed by atoms with E-state index < -0.39 is 0 Å². The summed E-state index contributed by atoms with van der Waals surface area (Å²) >= 11 is 3.46. The lowest BCUT2D eigenvalue weighted by Crippen LogP contribution is -2.43. The van der Waals surface area contributed by atoms with Crippen LogP contribution in [0.25, 0.3) is 0 Å². The van der Waals surface area contributed by atoms with Crippen LogP contribution in [0.3, 0.4) is 0 Å². The molecule has 0 saturated carbocycles. The third-order valence-electron chi connectivity index (χ3n) is 3.08. The first-order chi connectivity index (χ1) is 7.25. The Kier molecular flexibility index (Phi) is 1.99. The zero-order valence-corrected chi connectivity index (χ0v) is 9.75. The van der Waals surface area contributed by atoms with E-state index in [1.54, 1.807) is 0 Å². The minimum absolute atomic E-state index is 0.0480. The lowest BCUT2D eigenvalue weighted by atomic mass is 10.1. The molecular weight excluding hydrogens is 256 g/mol. The fraction of sp³-hybridized carbons (Fsp3) is 0.364. The smallest absolute Gasteiger partial charge is 0.247 e. The first-order valence-corrected chi connectivity index (χ1v) is 5.92. The highest BCUT2D eigenvalue weighted by molar-refractivity contribution is 9.10. The number of hydrogen-bond acceptors (Lipinski definition) is 2. The molecular formula is C11H11BrN2O. The van der Waals surface area contributed by atoms with Gasteiger partial charge in [-0.15, -0.1) is 0 Å². The Morgan fingerprint density at radius 2 is 2.33 bits per heavy atom. The lowest BCUT2D eigenvalue weighted by Gasteiger charge is -2.33. The highest BCUT2D eigenvalue weighted by Gasteiger charge is 2.36. The van der Waals surface area contributed by atoms with Crippen molar-refractivity contribution in [2.75, 3.05) is 16.8 Å². The summed E-state index contributed by atoms with van der Waals surface area (Å²) in [5.74, 6) is 0.141. The number of nitrogens with one attached hydrogen (secondary N) is 1. The predicted molar refractivity (Wildman–Crippen MR) is 63.1 cm³/mol. The molecule has 1 aromatic rings. The largest absolute Gasteiger partial charge is 0.358 e. The van der Waals surface area contributed by atoms with Crippen molar-refractivity contribution in [1.29, 1.82) is 0 Å². The molecule has 0 aliphatic carbocycles. The predicted octanol–water partition coefficient (Wildman–Crippen LogP) is 2.37. The van der Waals surface area contributed by atoms with Crippen molar-refractivity contribution in [3.63, 3.8) is 0 Å². The first kappa shape index (κ1) is 9.21. The van der Waals surface area contributed by atoms with Gasteiger partial charge in [0.25, 0.3) is 0 Å². The molecule has 1 aromatic carbocycles. The third-order valence-corrected chi connectivity index (χ3v) is 3.58. The van der Waals surface area contributed by atoms with Crippen molar-refractivity contribution in [2.45, 2.75) is 18.9 Å². The zero-order chi connectivity index (χ0) is 10.4. The molecule has 2 heterocycles. The molecule has 0 bridgehead atoms. The molecule has 1 fully saturated rings. The number of carbonyl (C=O) groups excluding carboxylic acids is 1. The van der Waals surface area contributed by atoms with Crippen molar-refractivity contribution in [2.24, 2.45) is 0 Å². The Labute approximate surface area is 96.6 Å². The van der Waals surface area contributed by atoms with E-state index in [4.69, 9.17) is 0 Å². The van der Waals surface area contributed by atoms with E-state index in [1.165, 1.54) is 0 Å². The molecule has 1 atom stereocenters. The molecule has 1 amide bonds. The third kappa shape index (κ3) is 1.35. The number of benzene rings is 1. The second-order valence-electron chi connectivity index (χ2n) is 4.00. The molecule has 2 aliphatic rings. The van der Waals surface area contributed by atoms with Gasteiger partial charge in [0.1, 0.15) is 6.04 Å². The molecule has 0 spiro atoms. The van der Waals surface area contributed by atoms with Crippen molar-refractivity contribution in [3.05, 3.63) is 22.7 Å². The van der Waals surface area contributed by atoms with Crippen molar-refractivity contribution in [1.82, 2.24) is 0 Å². The summed E-state index contributed by atoms with van der Waals surface area (Å²) in [6, 6.07) is 6.03. The first-order valence-electron chi connectivity index (χ1n) is 5.13.